The highest BCUT2D eigenvalue weighted by Crippen LogP contribution is 2.39. The fourth-order valence-corrected chi connectivity index (χ4v) is 5.93. The summed E-state index contributed by atoms with van der Waals surface area (Å²) >= 11 is 0. The summed E-state index contributed by atoms with van der Waals surface area (Å²) in [5, 5.41) is 4.50. The monoisotopic (exact) mass is 482 g/mol. The topological polar surface area (TPSA) is 81.2 Å². The van der Waals surface area contributed by atoms with Gasteiger partial charge in [0.1, 0.15) is 29.3 Å². The number of hydrogen-bond donors (Lipinski definition) is 2. The fraction of sp³-hybridized carbons (Fsp3) is 0.379. The summed E-state index contributed by atoms with van der Waals surface area (Å²) < 4.78 is 8.34. The first kappa shape index (κ1) is 23.0. The van der Waals surface area contributed by atoms with Crippen LogP contribution in [0, 0.1) is 0 Å². The third-order valence-corrected chi connectivity index (χ3v) is 7.76. The molecule has 1 atom stereocenters. The van der Waals surface area contributed by atoms with Gasteiger partial charge in [-0.1, -0.05) is 30.3 Å². The van der Waals surface area contributed by atoms with E-state index in [2.05, 4.69) is 50.0 Å². The molecule has 7 nitrogen and oxygen atoms in total. The predicted octanol–water partition coefficient (Wildman–Crippen LogP) is 5.25. The van der Waals surface area contributed by atoms with Crippen LogP contribution in [0.25, 0.3) is 22.2 Å². The van der Waals surface area contributed by atoms with Gasteiger partial charge in [0.2, 0.25) is 0 Å². The van der Waals surface area contributed by atoms with Gasteiger partial charge in [0.05, 0.1) is 5.39 Å². The summed E-state index contributed by atoms with van der Waals surface area (Å²) in [7, 11) is 0. The average Bonchev–Trinajstić information content (AvgIpc) is 3.31. The lowest BCUT2D eigenvalue weighted by molar-refractivity contribution is 0.107. The number of fused-ring (bicyclic) bond motifs is 1. The molecule has 0 spiro atoms. The molecule has 3 heterocycles. The van der Waals surface area contributed by atoms with Crippen molar-refractivity contribution in [2.75, 3.05) is 25.4 Å². The third kappa shape index (κ3) is 4.56. The SMILES string of the molecule is C[C@@H]1CN(C2CCC(n3cc(-c4ccc(Oc5ccccc5)cc4)c4c(N)ncnc43)CC2)CCN1. The number of rotatable bonds is 5. The first-order valence-electron chi connectivity index (χ1n) is 13.1. The summed E-state index contributed by atoms with van der Waals surface area (Å²) in [5.41, 5.74) is 9.50. The number of benzene rings is 2. The zero-order valence-electron chi connectivity index (χ0n) is 20.8. The van der Waals surface area contributed by atoms with Gasteiger partial charge in [0.25, 0.3) is 0 Å². The molecule has 1 aliphatic heterocycles. The maximum atomic E-state index is 6.40. The standard InChI is InChI=1S/C29H34N6O/c1-20-17-34(16-15-31-20)22-9-11-23(12-10-22)35-18-26(27-28(30)32-19-33-29(27)35)21-7-13-25(14-8-21)36-24-5-3-2-4-6-24/h2-8,13-14,18-20,22-23,31H,9-12,15-17H2,1H3,(H2,30,32,33)/t20-,22?,23?/m1/s1. The Morgan fingerprint density at radius 3 is 2.39 bits per heavy atom. The fourth-order valence-electron chi connectivity index (χ4n) is 5.93. The van der Waals surface area contributed by atoms with Crippen molar-refractivity contribution in [3.05, 3.63) is 67.1 Å². The van der Waals surface area contributed by atoms with E-state index in [1.807, 2.05) is 42.5 Å². The molecule has 0 bridgehead atoms. The zero-order chi connectivity index (χ0) is 24.5. The van der Waals surface area contributed by atoms with Gasteiger partial charge in [-0.25, -0.2) is 9.97 Å². The Kier molecular flexibility index (Phi) is 6.34. The summed E-state index contributed by atoms with van der Waals surface area (Å²) in [6.45, 7) is 5.69. The van der Waals surface area contributed by atoms with Crippen LogP contribution in [0.1, 0.15) is 38.6 Å². The minimum absolute atomic E-state index is 0.424. The van der Waals surface area contributed by atoms with E-state index >= 15 is 0 Å². The van der Waals surface area contributed by atoms with Crippen LogP contribution in [0.5, 0.6) is 11.5 Å². The normalized spacial score (nSPS) is 23.1. The minimum atomic E-state index is 0.424. The number of aromatic nitrogens is 3. The molecule has 2 aromatic heterocycles. The molecule has 0 radical (unpaired) electrons. The average molecular weight is 483 g/mol. The molecule has 2 aromatic carbocycles. The van der Waals surface area contributed by atoms with E-state index in [1.165, 1.54) is 12.8 Å². The second-order valence-electron chi connectivity index (χ2n) is 10.2. The van der Waals surface area contributed by atoms with Crippen molar-refractivity contribution in [3.63, 3.8) is 0 Å². The highest BCUT2D eigenvalue weighted by molar-refractivity contribution is 6.00. The van der Waals surface area contributed by atoms with Crippen LogP contribution >= 0.6 is 0 Å². The molecular weight excluding hydrogens is 448 g/mol. The summed E-state index contributed by atoms with van der Waals surface area (Å²) in [5.74, 6) is 2.16. The van der Waals surface area contributed by atoms with E-state index < -0.39 is 0 Å². The Balaban J connectivity index is 1.25. The summed E-state index contributed by atoms with van der Waals surface area (Å²) in [6, 6.07) is 19.7. The van der Waals surface area contributed by atoms with E-state index in [0.29, 0.717) is 23.9 Å². The predicted molar refractivity (Wildman–Crippen MR) is 144 cm³/mol. The first-order chi connectivity index (χ1) is 17.7. The van der Waals surface area contributed by atoms with Gasteiger partial charge in [-0.05, 0) is 62.4 Å². The van der Waals surface area contributed by atoms with Crippen LogP contribution in [-0.4, -0.2) is 51.2 Å². The van der Waals surface area contributed by atoms with Crippen LogP contribution < -0.4 is 15.8 Å². The third-order valence-electron chi connectivity index (χ3n) is 7.76. The zero-order valence-corrected chi connectivity index (χ0v) is 20.8. The van der Waals surface area contributed by atoms with Crippen molar-refractivity contribution in [1.29, 1.82) is 0 Å². The van der Waals surface area contributed by atoms with Crippen molar-refractivity contribution in [1.82, 2.24) is 24.8 Å². The lowest BCUT2D eigenvalue weighted by atomic mass is 9.89. The minimum Gasteiger partial charge on any atom is -0.457 e. The number of ether oxygens (including phenoxy) is 1. The molecule has 1 saturated heterocycles. The van der Waals surface area contributed by atoms with E-state index in [-0.39, 0.29) is 0 Å². The first-order valence-corrected chi connectivity index (χ1v) is 13.1. The maximum Gasteiger partial charge on any atom is 0.146 e. The Bertz CT molecular complexity index is 1310. The molecule has 186 valence electrons. The molecule has 36 heavy (non-hydrogen) atoms. The number of nitrogens with one attached hydrogen (secondary N) is 1. The largest absolute Gasteiger partial charge is 0.457 e. The number of nitrogens with two attached hydrogens (primary N) is 1. The highest BCUT2D eigenvalue weighted by atomic mass is 16.5. The number of hydrogen-bond acceptors (Lipinski definition) is 6. The summed E-state index contributed by atoms with van der Waals surface area (Å²) in [4.78, 5) is 11.7. The Morgan fingerprint density at radius 2 is 1.64 bits per heavy atom. The van der Waals surface area contributed by atoms with Crippen molar-refractivity contribution in [2.24, 2.45) is 0 Å². The Hall–Kier alpha value is -3.42. The smallest absolute Gasteiger partial charge is 0.146 e. The van der Waals surface area contributed by atoms with Crippen LogP contribution in [0.2, 0.25) is 0 Å². The van der Waals surface area contributed by atoms with E-state index in [4.69, 9.17) is 10.5 Å². The lowest BCUT2D eigenvalue weighted by Gasteiger charge is -2.41. The number of piperazine rings is 1. The molecule has 0 unspecified atom stereocenters. The number of nitrogen functional groups attached to an aromatic ring is 1. The lowest BCUT2D eigenvalue weighted by Crippen LogP contribution is -2.53. The van der Waals surface area contributed by atoms with Crippen molar-refractivity contribution >= 4 is 16.9 Å². The molecular formula is C29H34N6O. The molecule has 1 saturated carbocycles. The molecule has 1 aliphatic carbocycles. The molecule has 6 rings (SSSR count). The van der Waals surface area contributed by atoms with Gasteiger partial charge in [0, 0.05) is 49.5 Å². The van der Waals surface area contributed by atoms with Crippen molar-refractivity contribution < 1.29 is 4.74 Å². The van der Waals surface area contributed by atoms with E-state index in [1.54, 1.807) is 6.33 Å². The van der Waals surface area contributed by atoms with Crippen molar-refractivity contribution in [2.45, 2.75) is 50.7 Å². The van der Waals surface area contributed by atoms with Crippen LogP contribution in [-0.2, 0) is 0 Å². The van der Waals surface area contributed by atoms with Gasteiger partial charge in [-0.15, -0.1) is 0 Å². The second-order valence-corrected chi connectivity index (χ2v) is 10.2. The number of anilines is 1. The maximum absolute atomic E-state index is 6.40. The number of para-hydroxylation sites is 1. The molecule has 7 heteroatoms. The van der Waals surface area contributed by atoms with Crippen LogP contribution in [0.4, 0.5) is 5.82 Å². The molecule has 3 N–H and O–H groups in total. The highest BCUT2D eigenvalue weighted by Gasteiger charge is 2.30. The Morgan fingerprint density at radius 1 is 0.917 bits per heavy atom. The molecule has 2 fully saturated rings. The van der Waals surface area contributed by atoms with Gasteiger partial charge < -0.3 is 20.4 Å². The molecule has 2 aliphatic rings. The molecule has 0 amide bonds. The second kappa shape index (κ2) is 9.91. The van der Waals surface area contributed by atoms with Gasteiger partial charge in [0.15, 0.2) is 0 Å². The van der Waals surface area contributed by atoms with Gasteiger partial charge in [-0.2, -0.15) is 0 Å². The Labute approximate surface area is 212 Å². The van der Waals surface area contributed by atoms with Crippen LogP contribution in [0.15, 0.2) is 67.1 Å². The van der Waals surface area contributed by atoms with Gasteiger partial charge >= 0.3 is 0 Å². The van der Waals surface area contributed by atoms with Gasteiger partial charge in [-0.3, -0.25) is 4.90 Å². The number of nitrogens with zero attached hydrogens (tertiary/aromatic N) is 4. The van der Waals surface area contributed by atoms with E-state index in [0.717, 1.165) is 66.1 Å². The van der Waals surface area contributed by atoms with Crippen LogP contribution in [0.3, 0.4) is 0 Å². The van der Waals surface area contributed by atoms with Crippen molar-refractivity contribution in [3.8, 4) is 22.6 Å². The summed E-state index contributed by atoms with van der Waals surface area (Å²) in [6.07, 6.45) is 8.57. The quantitative estimate of drug-likeness (QED) is 0.404. The van der Waals surface area contributed by atoms with E-state index in [9.17, 15) is 0 Å². The molecule has 4 aromatic rings.